The highest BCUT2D eigenvalue weighted by Gasteiger charge is 2.13. The van der Waals surface area contributed by atoms with Gasteiger partial charge in [0.2, 0.25) is 0 Å². The standard InChI is InChI=1S/C10H20.C9H18.C8H16/c1-9-5-3-7-10(2)8-4-6-9;1-8-4-3-5-9(2)7-6-8;1-7-3-5-8(2)6-4-7/h9-10H,3-8H2,1-2H3;8-9H,3-7H2,1-2H3;7-8H,3-6H2,1-2H3. The van der Waals surface area contributed by atoms with E-state index in [2.05, 4.69) is 41.5 Å². The van der Waals surface area contributed by atoms with Gasteiger partial charge in [-0.25, -0.2) is 0 Å². The van der Waals surface area contributed by atoms with Crippen molar-refractivity contribution in [1.29, 1.82) is 0 Å². The molecule has 0 nitrogen and oxygen atoms in total. The van der Waals surface area contributed by atoms with Gasteiger partial charge in [0.1, 0.15) is 0 Å². The molecule has 0 heterocycles. The normalized spacial score (nSPS) is 38.0. The Morgan fingerprint density at radius 2 is 0.407 bits per heavy atom. The molecule has 0 amide bonds. The Hall–Kier alpha value is 0. The van der Waals surface area contributed by atoms with Gasteiger partial charge in [-0.3, -0.25) is 0 Å². The van der Waals surface area contributed by atoms with Crippen molar-refractivity contribution in [3.63, 3.8) is 0 Å². The van der Waals surface area contributed by atoms with Gasteiger partial charge in [0, 0.05) is 0 Å². The Morgan fingerprint density at radius 1 is 0.259 bits per heavy atom. The van der Waals surface area contributed by atoms with E-state index < -0.39 is 0 Å². The van der Waals surface area contributed by atoms with E-state index in [1.165, 1.54) is 96.3 Å². The van der Waals surface area contributed by atoms with Crippen molar-refractivity contribution in [2.75, 3.05) is 0 Å². The highest BCUT2D eigenvalue weighted by atomic mass is 14.2. The summed E-state index contributed by atoms with van der Waals surface area (Å²) in [5.74, 6) is 6.07. The number of hydrogen-bond donors (Lipinski definition) is 0. The van der Waals surface area contributed by atoms with Crippen LogP contribution in [0.2, 0.25) is 0 Å². The van der Waals surface area contributed by atoms with E-state index in [1.807, 2.05) is 0 Å². The summed E-state index contributed by atoms with van der Waals surface area (Å²) in [6.07, 6.45) is 22.1. The second-order valence-electron chi connectivity index (χ2n) is 11.2. The first kappa shape index (κ1) is 25.0. The van der Waals surface area contributed by atoms with Gasteiger partial charge in [-0.05, 0) is 35.5 Å². The Bertz CT molecular complexity index is 285. The van der Waals surface area contributed by atoms with Gasteiger partial charge in [-0.2, -0.15) is 0 Å². The van der Waals surface area contributed by atoms with Crippen molar-refractivity contribution < 1.29 is 0 Å². The lowest BCUT2D eigenvalue weighted by Gasteiger charge is -2.22. The summed E-state index contributed by atoms with van der Waals surface area (Å²) in [5.41, 5.74) is 0. The molecule has 0 aromatic rings. The third-order valence-corrected chi connectivity index (χ3v) is 7.64. The maximum absolute atomic E-state index is 2.40. The van der Waals surface area contributed by atoms with Gasteiger partial charge < -0.3 is 0 Å². The zero-order valence-electron chi connectivity index (χ0n) is 20.1. The third kappa shape index (κ3) is 13.8. The number of rotatable bonds is 0. The lowest BCUT2D eigenvalue weighted by atomic mass is 9.84. The quantitative estimate of drug-likeness (QED) is 0.368. The zero-order chi connectivity index (χ0) is 20.1. The van der Waals surface area contributed by atoms with E-state index in [0.717, 1.165) is 35.5 Å². The molecule has 0 bridgehead atoms. The number of hydrogen-bond acceptors (Lipinski definition) is 0. The predicted molar refractivity (Wildman–Crippen MR) is 124 cm³/mol. The summed E-state index contributed by atoms with van der Waals surface area (Å²) >= 11 is 0. The van der Waals surface area contributed by atoms with Crippen molar-refractivity contribution in [2.24, 2.45) is 35.5 Å². The maximum atomic E-state index is 2.40. The minimum Gasteiger partial charge on any atom is -0.0625 e. The SMILES string of the molecule is CC1CCC(C)CC1.CC1CCCC(C)CC1.CC1CCCC(C)CCC1. The summed E-state index contributed by atoms with van der Waals surface area (Å²) in [6, 6.07) is 0. The Kier molecular flexibility index (Phi) is 13.8. The van der Waals surface area contributed by atoms with Crippen LogP contribution >= 0.6 is 0 Å². The highest BCUT2D eigenvalue weighted by molar-refractivity contribution is 4.66. The van der Waals surface area contributed by atoms with Crippen LogP contribution in [0.5, 0.6) is 0 Å². The van der Waals surface area contributed by atoms with Crippen LogP contribution in [-0.2, 0) is 0 Å². The molecule has 0 aliphatic heterocycles. The largest absolute Gasteiger partial charge is 0.0625 e. The molecule has 0 radical (unpaired) electrons. The molecule has 162 valence electrons. The van der Waals surface area contributed by atoms with Crippen molar-refractivity contribution in [1.82, 2.24) is 0 Å². The molecule has 3 aliphatic rings. The molecule has 27 heavy (non-hydrogen) atoms. The minimum atomic E-state index is 1.01. The molecule has 3 saturated carbocycles. The topological polar surface area (TPSA) is 0 Å². The molecular weight excluding hydrogens is 324 g/mol. The van der Waals surface area contributed by atoms with Gasteiger partial charge in [-0.15, -0.1) is 0 Å². The van der Waals surface area contributed by atoms with E-state index in [0.29, 0.717) is 0 Å². The first-order valence-corrected chi connectivity index (χ1v) is 12.9. The Balaban J connectivity index is 0.000000204. The van der Waals surface area contributed by atoms with Gasteiger partial charge in [0.25, 0.3) is 0 Å². The van der Waals surface area contributed by atoms with Crippen molar-refractivity contribution in [2.45, 2.75) is 138 Å². The first-order chi connectivity index (χ1) is 12.9. The molecule has 0 N–H and O–H groups in total. The molecule has 2 unspecified atom stereocenters. The van der Waals surface area contributed by atoms with Gasteiger partial charge in [0.15, 0.2) is 0 Å². The zero-order valence-corrected chi connectivity index (χ0v) is 20.1. The van der Waals surface area contributed by atoms with Crippen LogP contribution in [0.25, 0.3) is 0 Å². The molecule has 0 aromatic carbocycles. The molecule has 0 heteroatoms. The van der Waals surface area contributed by atoms with Crippen molar-refractivity contribution in [3.8, 4) is 0 Å². The molecule has 0 aromatic heterocycles. The van der Waals surface area contributed by atoms with E-state index in [-0.39, 0.29) is 0 Å². The van der Waals surface area contributed by atoms with E-state index >= 15 is 0 Å². The molecule has 3 fully saturated rings. The van der Waals surface area contributed by atoms with Gasteiger partial charge in [0.05, 0.1) is 0 Å². The second kappa shape index (κ2) is 14.9. The summed E-state index contributed by atoms with van der Waals surface area (Å²) in [4.78, 5) is 0. The summed E-state index contributed by atoms with van der Waals surface area (Å²) in [7, 11) is 0. The van der Waals surface area contributed by atoms with E-state index in [9.17, 15) is 0 Å². The summed E-state index contributed by atoms with van der Waals surface area (Å²) < 4.78 is 0. The fourth-order valence-electron chi connectivity index (χ4n) is 5.02. The highest BCUT2D eigenvalue weighted by Crippen LogP contribution is 2.27. The van der Waals surface area contributed by atoms with Crippen molar-refractivity contribution in [3.05, 3.63) is 0 Å². The first-order valence-electron chi connectivity index (χ1n) is 12.9. The van der Waals surface area contributed by atoms with Gasteiger partial charge in [-0.1, -0.05) is 138 Å². The minimum absolute atomic E-state index is 1.01. The van der Waals surface area contributed by atoms with Crippen LogP contribution in [0, 0.1) is 35.5 Å². The van der Waals surface area contributed by atoms with Crippen LogP contribution < -0.4 is 0 Å². The summed E-state index contributed by atoms with van der Waals surface area (Å²) in [6.45, 7) is 14.3. The fraction of sp³-hybridized carbons (Fsp3) is 1.00. The Labute approximate surface area is 173 Å². The van der Waals surface area contributed by atoms with Crippen LogP contribution in [0.15, 0.2) is 0 Å². The molecule has 2 atom stereocenters. The average molecular weight is 379 g/mol. The maximum Gasteiger partial charge on any atom is -0.0443 e. The molecular formula is C27H54. The van der Waals surface area contributed by atoms with Crippen LogP contribution in [0.4, 0.5) is 0 Å². The summed E-state index contributed by atoms with van der Waals surface area (Å²) in [5, 5.41) is 0. The second-order valence-corrected chi connectivity index (χ2v) is 11.2. The van der Waals surface area contributed by atoms with Crippen LogP contribution in [0.3, 0.4) is 0 Å². The molecule has 3 aliphatic carbocycles. The lowest BCUT2D eigenvalue weighted by Crippen LogP contribution is -2.08. The van der Waals surface area contributed by atoms with Gasteiger partial charge >= 0.3 is 0 Å². The van der Waals surface area contributed by atoms with E-state index in [1.54, 1.807) is 0 Å². The van der Waals surface area contributed by atoms with Crippen LogP contribution in [0.1, 0.15) is 138 Å². The molecule has 0 spiro atoms. The monoisotopic (exact) mass is 378 g/mol. The molecule has 3 rings (SSSR count). The fourth-order valence-corrected chi connectivity index (χ4v) is 5.02. The van der Waals surface area contributed by atoms with Crippen molar-refractivity contribution >= 4 is 0 Å². The van der Waals surface area contributed by atoms with Crippen LogP contribution in [-0.4, -0.2) is 0 Å². The smallest absolute Gasteiger partial charge is 0.0443 e. The van der Waals surface area contributed by atoms with E-state index in [4.69, 9.17) is 0 Å². The molecule has 0 saturated heterocycles. The Morgan fingerprint density at radius 3 is 0.630 bits per heavy atom. The third-order valence-electron chi connectivity index (χ3n) is 7.64. The average Bonchev–Trinajstić information content (AvgIpc) is 2.81. The predicted octanol–water partition coefficient (Wildman–Crippen LogP) is 9.67. The lowest BCUT2D eigenvalue weighted by molar-refractivity contribution is 0.308.